The Morgan fingerprint density at radius 1 is 1.21 bits per heavy atom. The lowest BCUT2D eigenvalue weighted by Gasteiger charge is -1.95. The molecule has 0 fully saturated rings. The summed E-state index contributed by atoms with van der Waals surface area (Å²) in [5.74, 6) is 0. The molecule has 3 aromatic rings. The van der Waals surface area contributed by atoms with Gasteiger partial charge in [0.05, 0.1) is 11.4 Å². The predicted octanol–water partition coefficient (Wildman–Crippen LogP) is 2.02. The van der Waals surface area contributed by atoms with E-state index in [9.17, 15) is 4.79 Å². The second-order valence-corrected chi connectivity index (χ2v) is 4.80. The Morgan fingerprint density at radius 2 is 2.05 bits per heavy atom. The van der Waals surface area contributed by atoms with Crippen molar-refractivity contribution in [3.63, 3.8) is 0 Å². The fourth-order valence-corrected chi connectivity index (χ4v) is 2.32. The highest BCUT2D eigenvalue weighted by atomic mass is 32.1. The number of fused-ring (bicyclic) bond motifs is 1. The van der Waals surface area contributed by atoms with E-state index in [1.54, 1.807) is 11.6 Å². The molecule has 3 rings (SSSR count). The van der Waals surface area contributed by atoms with Crippen molar-refractivity contribution >= 4 is 28.4 Å². The van der Waals surface area contributed by atoms with Gasteiger partial charge in [-0.2, -0.15) is 9.61 Å². The first-order chi connectivity index (χ1) is 9.22. The molecule has 94 valence electrons. The molecule has 0 aliphatic carbocycles. The highest BCUT2D eigenvalue weighted by Gasteiger charge is 2.01. The molecule has 0 aliphatic heterocycles. The van der Waals surface area contributed by atoms with E-state index < -0.39 is 0 Å². The van der Waals surface area contributed by atoms with Gasteiger partial charge in [-0.25, -0.2) is 4.98 Å². The summed E-state index contributed by atoms with van der Waals surface area (Å²) in [6.45, 7) is 1.94. The number of aromatic nitrogens is 4. The van der Waals surface area contributed by atoms with Crippen LogP contribution in [0.15, 0.2) is 34.6 Å². The third-order valence-electron chi connectivity index (χ3n) is 2.54. The fraction of sp³-hybridized carbons (Fsp3) is 0.0769. The van der Waals surface area contributed by atoms with Gasteiger partial charge in [-0.1, -0.05) is 17.4 Å². The Morgan fingerprint density at radius 3 is 2.89 bits per heavy atom. The molecule has 0 aromatic carbocycles. The van der Waals surface area contributed by atoms with Crippen molar-refractivity contribution in [1.82, 2.24) is 19.6 Å². The van der Waals surface area contributed by atoms with Gasteiger partial charge in [0.25, 0.3) is 5.56 Å². The molecule has 0 spiro atoms. The summed E-state index contributed by atoms with van der Waals surface area (Å²) in [6, 6.07) is 7.24. The summed E-state index contributed by atoms with van der Waals surface area (Å²) in [4.78, 5) is 21.0. The van der Waals surface area contributed by atoms with Gasteiger partial charge < -0.3 is 0 Å². The summed E-state index contributed by atoms with van der Waals surface area (Å²) in [5, 5.41) is 3.91. The van der Waals surface area contributed by atoms with Gasteiger partial charge in [-0.3, -0.25) is 9.78 Å². The van der Waals surface area contributed by atoms with E-state index in [2.05, 4.69) is 15.1 Å². The molecule has 0 unspecified atom stereocenters. The Bertz CT molecular complexity index is 819. The lowest BCUT2D eigenvalue weighted by molar-refractivity contribution is 0.897. The molecule has 6 heteroatoms. The van der Waals surface area contributed by atoms with E-state index in [4.69, 9.17) is 0 Å². The van der Waals surface area contributed by atoms with Crippen molar-refractivity contribution < 1.29 is 0 Å². The quantitative estimate of drug-likeness (QED) is 0.715. The SMILES string of the molecule is Cc1cccc(/C=C/c2cc(=O)n3ncsc3n2)n1. The van der Waals surface area contributed by atoms with Crippen molar-refractivity contribution in [3.05, 3.63) is 57.2 Å². The smallest absolute Gasteiger partial charge is 0.267 e. The van der Waals surface area contributed by atoms with E-state index >= 15 is 0 Å². The molecule has 0 amide bonds. The Balaban J connectivity index is 1.99. The number of nitrogens with zero attached hydrogens (tertiary/aromatic N) is 4. The zero-order valence-corrected chi connectivity index (χ0v) is 11.0. The summed E-state index contributed by atoms with van der Waals surface area (Å²) < 4.78 is 1.28. The molecular weight excluding hydrogens is 260 g/mol. The molecule has 0 bridgehead atoms. The van der Waals surface area contributed by atoms with Crippen molar-refractivity contribution in [2.45, 2.75) is 6.92 Å². The van der Waals surface area contributed by atoms with E-state index in [1.165, 1.54) is 21.9 Å². The number of aryl methyl sites for hydroxylation is 1. The average Bonchev–Trinajstić information content (AvgIpc) is 2.85. The Labute approximate surface area is 112 Å². The second kappa shape index (κ2) is 4.74. The Kier molecular flexibility index (Phi) is 2.92. The third-order valence-corrected chi connectivity index (χ3v) is 3.22. The van der Waals surface area contributed by atoms with E-state index in [1.807, 2.05) is 31.2 Å². The topological polar surface area (TPSA) is 60.2 Å². The number of pyridine rings is 1. The Hall–Kier alpha value is -2.34. The zero-order chi connectivity index (χ0) is 13.2. The second-order valence-electron chi connectivity index (χ2n) is 3.99. The summed E-state index contributed by atoms with van der Waals surface area (Å²) in [6.07, 6.45) is 3.62. The fourth-order valence-electron chi connectivity index (χ4n) is 1.69. The van der Waals surface area contributed by atoms with Gasteiger partial charge in [0.2, 0.25) is 4.96 Å². The van der Waals surface area contributed by atoms with Crippen molar-refractivity contribution in [2.75, 3.05) is 0 Å². The minimum atomic E-state index is -0.178. The molecule has 3 heterocycles. The van der Waals surface area contributed by atoms with Crippen LogP contribution in [0, 0.1) is 6.92 Å². The zero-order valence-electron chi connectivity index (χ0n) is 10.1. The van der Waals surface area contributed by atoms with Crippen molar-refractivity contribution in [2.24, 2.45) is 0 Å². The van der Waals surface area contributed by atoms with Crippen LogP contribution >= 0.6 is 11.3 Å². The highest BCUT2D eigenvalue weighted by Crippen LogP contribution is 2.07. The van der Waals surface area contributed by atoms with Gasteiger partial charge in [0, 0.05) is 11.8 Å². The number of rotatable bonds is 2. The average molecular weight is 270 g/mol. The highest BCUT2D eigenvalue weighted by molar-refractivity contribution is 7.14. The standard InChI is InChI=1S/C13H10N4OS/c1-9-3-2-4-10(15-9)5-6-11-7-12(18)17-13(16-11)19-8-14-17/h2-8H,1H3/b6-5+. The van der Waals surface area contributed by atoms with Crippen LogP contribution in [0.1, 0.15) is 17.1 Å². The predicted molar refractivity (Wildman–Crippen MR) is 75.0 cm³/mol. The molecule has 0 N–H and O–H groups in total. The first-order valence-electron chi connectivity index (χ1n) is 5.68. The molecule has 5 nitrogen and oxygen atoms in total. The molecule has 3 aromatic heterocycles. The van der Waals surface area contributed by atoms with Gasteiger partial charge >= 0.3 is 0 Å². The normalized spacial score (nSPS) is 11.4. The van der Waals surface area contributed by atoms with Crippen molar-refractivity contribution in [3.8, 4) is 0 Å². The summed E-state index contributed by atoms with van der Waals surface area (Å²) in [7, 11) is 0. The maximum atomic E-state index is 11.7. The van der Waals surface area contributed by atoms with Crippen LogP contribution in [-0.4, -0.2) is 19.6 Å². The summed E-state index contributed by atoms with van der Waals surface area (Å²) >= 11 is 1.33. The van der Waals surface area contributed by atoms with Crippen molar-refractivity contribution in [1.29, 1.82) is 0 Å². The van der Waals surface area contributed by atoms with Gasteiger partial charge in [0.1, 0.15) is 5.51 Å². The molecule has 0 atom stereocenters. The minimum absolute atomic E-state index is 0.178. The van der Waals surface area contributed by atoms with Crippen LogP contribution in [0.5, 0.6) is 0 Å². The van der Waals surface area contributed by atoms with Gasteiger partial charge in [-0.15, -0.1) is 0 Å². The van der Waals surface area contributed by atoms with Crippen LogP contribution in [-0.2, 0) is 0 Å². The summed E-state index contributed by atoms with van der Waals surface area (Å²) in [5.41, 5.74) is 3.82. The molecule has 0 saturated heterocycles. The van der Waals surface area contributed by atoms with Gasteiger partial charge in [-0.05, 0) is 31.2 Å². The maximum Gasteiger partial charge on any atom is 0.275 e. The third kappa shape index (κ3) is 2.43. The number of hydrogen-bond acceptors (Lipinski definition) is 5. The lowest BCUT2D eigenvalue weighted by Crippen LogP contribution is -2.13. The molecular formula is C13H10N4OS. The first-order valence-corrected chi connectivity index (χ1v) is 6.56. The molecule has 0 radical (unpaired) electrons. The lowest BCUT2D eigenvalue weighted by atomic mass is 10.2. The largest absolute Gasteiger partial charge is 0.275 e. The van der Waals surface area contributed by atoms with Crippen LogP contribution in [0.4, 0.5) is 0 Å². The van der Waals surface area contributed by atoms with E-state index in [0.29, 0.717) is 10.7 Å². The van der Waals surface area contributed by atoms with Crippen LogP contribution < -0.4 is 5.56 Å². The van der Waals surface area contributed by atoms with Crippen LogP contribution in [0.2, 0.25) is 0 Å². The van der Waals surface area contributed by atoms with Crippen LogP contribution in [0.25, 0.3) is 17.1 Å². The molecule has 19 heavy (non-hydrogen) atoms. The first kappa shape index (κ1) is 11.7. The molecule has 0 aliphatic rings. The monoisotopic (exact) mass is 270 g/mol. The number of hydrogen-bond donors (Lipinski definition) is 0. The van der Waals surface area contributed by atoms with Crippen LogP contribution in [0.3, 0.4) is 0 Å². The molecule has 0 saturated carbocycles. The van der Waals surface area contributed by atoms with E-state index in [0.717, 1.165) is 11.4 Å². The van der Waals surface area contributed by atoms with Gasteiger partial charge in [0.15, 0.2) is 0 Å². The minimum Gasteiger partial charge on any atom is -0.267 e. The maximum absolute atomic E-state index is 11.7. The van der Waals surface area contributed by atoms with E-state index in [-0.39, 0.29) is 5.56 Å².